The minimum Gasteiger partial charge on any atom is -0.399 e. The third-order valence-electron chi connectivity index (χ3n) is 2.11. The van der Waals surface area contributed by atoms with Crippen molar-refractivity contribution in [1.82, 2.24) is 0 Å². The van der Waals surface area contributed by atoms with Gasteiger partial charge in [-0.3, -0.25) is 0 Å². The second kappa shape index (κ2) is 5.72. The van der Waals surface area contributed by atoms with Crippen LogP contribution in [0.1, 0.15) is 6.92 Å². The quantitative estimate of drug-likeness (QED) is 0.540. The van der Waals surface area contributed by atoms with Crippen molar-refractivity contribution in [3.05, 3.63) is 18.2 Å². The number of benzene rings is 1. The summed E-state index contributed by atoms with van der Waals surface area (Å²) in [5, 5.41) is 14.0. The molecule has 0 fully saturated rings. The first-order valence-electron chi connectivity index (χ1n) is 5.00. The van der Waals surface area contributed by atoms with Gasteiger partial charge in [0, 0.05) is 22.9 Å². The van der Waals surface area contributed by atoms with E-state index < -0.39 is 10.0 Å². The summed E-state index contributed by atoms with van der Waals surface area (Å²) in [6.07, 6.45) is 0. The number of anilines is 1. The number of primary sulfonamides is 1. The van der Waals surface area contributed by atoms with Crippen LogP contribution in [-0.4, -0.2) is 25.9 Å². The fourth-order valence-corrected chi connectivity index (χ4v) is 3.26. The Kier molecular flexibility index (Phi) is 4.81. The molecule has 1 rings (SSSR count). The fourth-order valence-electron chi connectivity index (χ4n) is 1.15. The van der Waals surface area contributed by atoms with Gasteiger partial charge in [-0.15, -0.1) is 11.8 Å². The molecule has 0 heterocycles. The van der Waals surface area contributed by atoms with Gasteiger partial charge in [-0.05, 0) is 24.1 Å². The van der Waals surface area contributed by atoms with E-state index in [4.69, 9.17) is 16.0 Å². The molecule has 0 aromatic heterocycles. The molecule has 5 N–H and O–H groups in total. The lowest BCUT2D eigenvalue weighted by Gasteiger charge is -2.10. The Morgan fingerprint density at radius 3 is 2.65 bits per heavy atom. The molecule has 5 nitrogen and oxygen atoms in total. The van der Waals surface area contributed by atoms with Crippen LogP contribution in [0.3, 0.4) is 0 Å². The van der Waals surface area contributed by atoms with Crippen molar-refractivity contribution in [3.8, 4) is 0 Å². The van der Waals surface area contributed by atoms with Gasteiger partial charge in [0.1, 0.15) is 0 Å². The first kappa shape index (κ1) is 14.3. The molecule has 1 unspecified atom stereocenters. The number of aliphatic hydroxyl groups excluding tert-OH is 1. The van der Waals surface area contributed by atoms with E-state index in [2.05, 4.69) is 0 Å². The zero-order valence-corrected chi connectivity index (χ0v) is 11.1. The van der Waals surface area contributed by atoms with Gasteiger partial charge < -0.3 is 10.8 Å². The average molecular weight is 276 g/mol. The summed E-state index contributed by atoms with van der Waals surface area (Å²) in [6.45, 7) is 1.94. The molecule has 0 saturated carbocycles. The van der Waals surface area contributed by atoms with Crippen molar-refractivity contribution >= 4 is 27.5 Å². The largest absolute Gasteiger partial charge is 0.399 e. The van der Waals surface area contributed by atoms with Gasteiger partial charge in [-0.2, -0.15) is 0 Å². The van der Waals surface area contributed by atoms with Crippen molar-refractivity contribution in [2.45, 2.75) is 16.7 Å². The summed E-state index contributed by atoms with van der Waals surface area (Å²) >= 11 is 1.34. The number of hydrogen-bond donors (Lipinski definition) is 3. The Morgan fingerprint density at radius 1 is 1.47 bits per heavy atom. The second-order valence-electron chi connectivity index (χ2n) is 3.85. The van der Waals surface area contributed by atoms with Crippen LogP contribution >= 0.6 is 11.8 Å². The molecule has 7 heteroatoms. The molecule has 1 aromatic rings. The number of rotatable bonds is 5. The van der Waals surface area contributed by atoms with Crippen LogP contribution in [0.5, 0.6) is 0 Å². The Morgan fingerprint density at radius 2 is 2.12 bits per heavy atom. The zero-order valence-electron chi connectivity index (χ0n) is 9.46. The minimum atomic E-state index is -3.77. The lowest BCUT2D eigenvalue weighted by atomic mass is 10.2. The van der Waals surface area contributed by atoms with E-state index >= 15 is 0 Å². The number of sulfonamides is 1. The molecule has 96 valence electrons. The summed E-state index contributed by atoms with van der Waals surface area (Å²) in [4.78, 5) is 0.592. The third kappa shape index (κ3) is 4.19. The normalized spacial score (nSPS) is 13.6. The molecule has 0 aliphatic rings. The van der Waals surface area contributed by atoms with Crippen molar-refractivity contribution in [2.24, 2.45) is 11.1 Å². The van der Waals surface area contributed by atoms with Gasteiger partial charge in [0.05, 0.1) is 4.90 Å². The smallest absolute Gasteiger partial charge is 0.239 e. The molecule has 0 spiro atoms. The summed E-state index contributed by atoms with van der Waals surface area (Å²) in [6, 6.07) is 4.60. The van der Waals surface area contributed by atoms with Gasteiger partial charge in [-0.1, -0.05) is 6.92 Å². The predicted molar refractivity (Wildman–Crippen MR) is 69.2 cm³/mol. The first-order chi connectivity index (χ1) is 7.84. The van der Waals surface area contributed by atoms with Crippen LogP contribution in [0.2, 0.25) is 0 Å². The van der Waals surface area contributed by atoms with E-state index in [0.717, 1.165) is 0 Å². The summed E-state index contributed by atoms with van der Waals surface area (Å²) in [5.41, 5.74) is 5.89. The number of nitrogen functional groups attached to an aromatic ring is 1. The molecule has 0 aliphatic carbocycles. The summed E-state index contributed by atoms with van der Waals surface area (Å²) in [5.74, 6) is 0.703. The Labute approximate surface area is 105 Å². The van der Waals surface area contributed by atoms with E-state index in [1.54, 1.807) is 12.1 Å². The van der Waals surface area contributed by atoms with Crippen molar-refractivity contribution in [2.75, 3.05) is 18.1 Å². The highest BCUT2D eigenvalue weighted by Crippen LogP contribution is 2.29. The standard InChI is InChI=1S/C10H16N2O3S2/c1-7(5-13)6-16-9-3-2-8(11)4-10(9)17(12,14)15/h2-4,7,13H,5-6,11H2,1H3,(H2,12,14,15). The van der Waals surface area contributed by atoms with Crippen LogP contribution < -0.4 is 10.9 Å². The van der Waals surface area contributed by atoms with E-state index in [1.165, 1.54) is 17.8 Å². The number of aliphatic hydroxyl groups is 1. The molecule has 0 amide bonds. The van der Waals surface area contributed by atoms with Gasteiger partial charge >= 0.3 is 0 Å². The molecule has 17 heavy (non-hydrogen) atoms. The van der Waals surface area contributed by atoms with Crippen molar-refractivity contribution < 1.29 is 13.5 Å². The topological polar surface area (TPSA) is 106 Å². The van der Waals surface area contributed by atoms with Crippen LogP contribution in [0.25, 0.3) is 0 Å². The van der Waals surface area contributed by atoms with Crippen molar-refractivity contribution in [1.29, 1.82) is 0 Å². The molecule has 0 aliphatic heterocycles. The molecular formula is C10H16N2O3S2. The van der Waals surface area contributed by atoms with Crippen LogP contribution in [-0.2, 0) is 10.0 Å². The third-order valence-corrected chi connectivity index (χ3v) is 4.59. The first-order valence-corrected chi connectivity index (χ1v) is 7.53. The fraction of sp³-hybridized carbons (Fsp3) is 0.400. The molecule has 0 radical (unpaired) electrons. The molecular weight excluding hydrogens is 260 g/mol. The average Bonchev–Trinajstić information content (AvgIpc) is 2.25. The SMILES string of the molecule is CC(CO)CSc1ccc(N)cc1S(N)(=O)=O. The predicted octanol–water partition coefficient (Wildman–Crippen LogP) is 0.637. The lowest BCUT2D eigenvalue weighted by molar-refractivity contribution is 0.250. The van der Waals surface area contributed by atoms with Crippen LogP contribution in [0.15, 0.2) is 28.0 Å². The van der Waals surface area contributed by atoms with E-state index in [1.807, 2.05) is 6.92 Å². The molecule has 0 bridgehead atoms. The highest BCUT2D eigenvalue weighted by Gasteiger charge is 2.15. The summed E-state index contributed by atoms with van der Waals surface area (Å²) < 4.78 is 22.8. The molecule has 1 atom stereocenters. The van der Waals surface area contributed by atoms with E-state index in [0.29, 0.717) is 16.3 Å². The lowest BCUT2D eigenvalue weighted by Crippen LogP contribution is -2.14. The maximum atomic E-state index is 11.4. The monoisotopic (exact) mass is 276 g/mol. The maximum absolute atomic E-state index is 11.4. The van der Waals surface area contributed by atoms with Gasteiger partial charge in [0.15, 0.2) is 0 Å². The summed E-state index contributed by atoms with van der Waals surface area (Å²) in [7, 11) is -3.77. The van der Waals surface area contributed by atoms with Gasteiger partial charge in [-0.25, -0.2) is 13.6 Å². The highest BCUT2D eigenvalue weighted by atomic mass is 32.2. The van der Waals surface area contributed by atoms with Gasteiger partial charge in [0.25, 0.3) is 0 Å². The number of nitrogens with two attached hydrogens (primary N) is 2. The van der Waals surface area contributed by atoms with Crippen molar-refractivity contribution in [3.63, 3.8) is 0 Å². The Bertz CT molecular complexity index is 488. The van der Waals surface area contributed by atoms with Crippen LogP contribution in [0, 0.1) is 5.92 Å². The molecule has 1 aromatic carbocycles. The maximum Gasteiger partial charge on any atom is 0.239 e. The Balaban J connectivity index is 3.00. The number of thioether (sulfide) groups is 1. The second-order valence-corrected chi connectivity index (χ2v) is 6.44. The van der Waals surface area contributed by atoms with Gasteiger partial charge in [0.2, 0.25) is 10.0 Å². The minimum absolute atomic E-state index is 0.0349. The zero-order chi connectivity index (χ0) is 13.1. The number of hydrogen-bond acceptors (Lipinski definition) is 5. The molecule has 0 saturated heterocycles. The van der Waals surface area contributed by atoms with E-state index in [-0.39, 0.29) is 17.4 Å². The Hall–Kier alpha value is -0.760. The highest BCUT2D eigenvalue weighted by molar-refractivity contribution is 8.00. The van der Waals surface area contributed by atoms with Crippen LogP contribution in [0.4, 0.5) is 5.69 Å². The van der Waals surface area contributed by atoms with E-state index in [9.17, 15) is 8.42 Å².